The molecule has 0 saturated heterocycles. The topological polar surface area (TPSA) is 19.7 Å². The summed E-state index contributed by atoms with van der Waals surface area (Å²) in [5, 5.41) is 7.41. The predicted molar refractivity (Wildman–Crippen MR) is 285 cm³/mol. The summed E-state index contributed by atoms with van der Waals surface area (Å²) in [7, 11) is 0. The summed E-state index contributed by atoms with van der Waals surface area (Å²) in [4.78, 5) is 0. The molecule has 0 amide bonds. The van der Waals surface area contributed by atoms with Crippen LogP contribution in [0.3, 0.4) is 0 Å². The highest BCUT2D eigenvalue weighted by atomic mass is 15.0. The van der Waals surface area contributed by atoms with Gasteiger partial charge >= 0.3 is 0 Å². The standard InChI is InChI=1S/C65H40N4/c1-3-15-43(16-4-1)66-33-31-41-35-63-53(39-61(41)66)51-21-9-13-25-59(51)68(63)45-27-29-49-50-30-28-46(38-58(50)65(57(49)37-45)55-23-11-7-19-47(55)48-20-8-12-24-56(48)65)69-60-26-14-10-22-52(60)54-40-62-42(36-64(54)69)32-34-67(62)44-17-5-2-6-18-44/h1-40H. The Labute approximate surface area is 397 Å². The van der Waals surface area contributed by atoms with Crippen molar-refractivity contribution in [3.8, 4) is 45.0 Å². The number of fused-ring (bicyclic) bond motifs is 18. The second-order valence-corrected chi connectivity index (χ2v) is 18.9. The first-order valence-electron chi connectivity index (χ1n) is 23.9. The van der Waals surface area contributed by atoms with E-state index < -0.39 is 5.41 Å². The summed E-state index contributed by atoms with van der Waals surface area (Å²) in [6, 6.07) is 86.1. The molecule has 0 aliphatic heterocycles. The Hall–Kier alpha value is -9.12. The van der Waals surface area contributed by atoms with Gasteiger partial charge in [0.2, 0.25) is 0 Å². The number of nitrogens with zero attached hydrogens (tertiary/aromatic N) is 4. The summed E-state index contributed by atoms with van der Waals surface area (Å²) in [6.45, 7) is 0. The summed E-state index contributed by atoms with van der Waals surface area (Å²) < 4.78 is 9.62. The maximum absolute atomic E-state index is 2.52. The van der Waals surface area contributed by atoms with Crippen molar-refractivity contribution < 1.29 is 0 Å². The lowest BCUT2D eigenvalue weighted by atomic mass is 9.70. The fourth-order valence-electron chi connectivity index (χ4n) is 12.8. The monoisotopic (exact) mass is 876 g/mol. The molecule has 14 aromatic rings. The third-order valence-corrected chi connectivity index (χ3v) is 15.6. The second-order valence-electron chi connectivity index (χ2n) is 18.9. The van der Waals surface area contributed by atoms with Crippen LogP contribution in [0.2, 0.25) is 0 Å². The maximum Gasteiger partial charge on any atom is 0.0727 e. The Bertz CT molecular complexity index is 4190. The van der Waals surface area contributed by atoms with E-state index in [0.29, 0.717) is 0 Å². The molecule has 16 rings (SSSR count). The fraction of sp³-hybridized carbons (Fsp3) is 0.0154. The lowest BCUT2D eigenvalue weighted by Crippen LogP contribution is -2.26. The Morgan fingerprint density at radius 3 is 1.13 bits per heavy atom. The van der Waals surface area contributed by atoms with Gasteiger partial charge in [-0.2, -0.15) is 0 Å². The quantitative estimate of drug-likeness (QED) is 0.168. The molecule has 0 radical (unpaired) electrons. The highest BCUT2D eigenvalue weighted by Crippen LogP contribution is 2.63. The van der Waals surface area contributed by atoms with Gasteiger partial charge in [0.05, 0.1) is 38.5 Å². The van der Waals surface area contributed by atoms with Gasteiger partial charge in [0.25, 0.3) is 0 Å². The molecule has 0 bridgehead atoms. The molecule has 0 saturated carbocycles. The van der Waals surface area contributed by atoms with Gasteiger partial charge in [-0.1, -0.05) is 133 Å². The zero-order valence-corrected chi connectivity index (χ0v) is 37.4. The van der Waals surface area contributed by atoms with E-state index in [1.54, 1.807) is 0 Å². The van der Waals surface area contributed by atoms with Crippen LogP contribution in [0, 0.1) is 0 Å². The van der Waals surface area contributed by atoms with E-state index in [0.717, 1.165) is 22.7 Å². The van der Waals surface area contributed by atoms with E-state index in [4.69, 9.17) is 0 Å². The average Bonchev–Trinajstić information content (AvgIpc) is 4.26. The SMILES string of the molecule is c1ccc(-n2ccc3cc4c(cc32)c2ccccc2n4-c2ccc3c(c2)C2(c4ccccc4-c4ccccc42)c2cc(-n4c5ccccc5c5cc6c(ccn6-c6ccccc6)cc54)ccc2-3)cc1. The minimum atomic E-state index is -0.554. The first-order valence-corrected chi connectivity index (χ1v) is 23.9. The molecule has 69 heavy (non-hydrogen) atoms. The summed E-state index contributed by atoms with van der Waals surface area (Å²) >= 11 is 0. The fourth-order valence-corrected chi connectivity index (χ4v) is 12.8. The van der Waals surface area contributed by atoms with Gasteiger partial charge < -0.3 is 18.3 Å². The molecule has 0 atom stereocenters. The molecule has 10 aromatic carbocycles. The van der Waals surface area contributed by atoms with E-state index in [-0.39, 0.29) is 0 Å². The zero-order valence-electron chi connectivity index (χ0n) is 37.4. The lowest BCUT2D eigenvalue weighted by molar-refractivity contribution is 0.791. The van der Waals surface area contributed by atoms with E-state index in [1.165, 1.54) is 110 Å². The van der Waals surface area contributed by atoms with Crippen molar-refractivity contribution in [1.29, 1.82) is 0 Å². The van der Waals surface area contributed by atoms with Crippen LogP contribution < -0.4 is 0 Å². The van der Waals surface area contributed by atoms with Crippen LogP contribution in [0.5, 0.6) is 0 Å². The first-order chi connectivity index (χ1) is 34.2. The van der Waals surface area contributed by atoms with Crippen LogP contribution in [0.4, 0.5) is 0 Å². The van der Waals surface area contributed by atoms with E-state index in [2.05, 4.69) is 261 Å². The molecule has 4 nitrogen and oxygen atoms in total. The molecule has 320 valence electrons. The van der Waals surface area contributed by atoms with E-state index in [1.807, 2.05) is 0 Å². The number of para-hydroxylation sites is 4. The largest absolute Gasteiger partial charge is 0.317 e. The smallest absolute Gasteiger partial charge is 0.0727 e. The molecule has 0 N–H and O–H groups in total. The van der Waals surface area contributed by atoms with Crippen LogP contribution >= 0.6 is 0 Å². The van der Waals surface area contributed by atoms with Crippen molar-refractivity contribution in [3.05, 3.63) is 265 Å². The van der Waals surface area contributed by atoms with Crippen molar-refractivity contribution >= 4 is 65.4 Å². The molecule has 0 fully saturated rings. The molecule has 0 unspecified atom stereocenters. The molecular weight excluding hydrogens is 837 g/mol. The summed E-state index contributed by atoms with van der Waals surface area (Å²) in [5.74, 6) is 0. The van der Waals surface area contributed by atoms with Gasteiger partial charge in [-0.15, -0.1) is 0 Å². The number of hydrogen-bond donors (Lipinski definition) is 0. The van der Waals surface area contributed by atoms with Crippen molar-refractivity contribution in [1.82, 2.24) is 18.3 Å². The van der Waals surface area contributed by atoms with Gasteiger partial charge in [0.15, 0.2) is 0 Å². The third-order valence-electron chi connectivity index (χ3n) is 15.6. The van der Waals surface area contributed by atoms with E-state index in [9.17, 15) is 0 Å². The van der Waals surface area contributed by atoms with E-state index >= 15 is 0 Å². The highest BCUT2D eigenvalue weighted by Gasteiger charge is 2.52. The van der Waals surface area contributed by atoms with Gasteiger partial charge in [0, 0.05) is 67.5 Å². The average molecular weight is 877 g/mol. The molecule has 1 spiro atoms. The Morgan fingerprint density at radius 2 is 0.652 bits per heavy atom. The molecule has 4 heteroatoms. The molecule has 2 aliphatic carbocycles. The highest BCUT2D eigenvalue weighted by molar-refractivity contribution is 6.15. The Balaban J connectivity index is 0.948. The molecule has 4 aromatic heterocycles. The normalized spacial score (nSPS) is 13.3. The molecular formula is C65H40N4. The predicted octanol–water partition coefficient (Wildman–Crippen LogP) is 16.1. The Morgan fingerprint density at radius 1 is 0.246 bits per heavy atom. The maximum atomic E-state index is 2.52. The number of hydrogen-bond acceptors (Lipinski definition) is 0. The van der Waals surface area contributed by atoms with Crippen LogP contribution in [0.15, 0.2) is 243 Å². The minimum absolute atomic E-state index is 0.554. The van der Waals surface area contributed by atoms with Crippen LogP contribution in [-0.2, 0) is 5.41 Å². The number of rotatable bonds is 4. The van der Waals surface area contributed by atoms with Gasteiger partial charge in [-0.05, 0) is 142 Å². The van der Waals surface area contributed by atoms with Gasteiger partial charge in [-0.3, -0.25) is 0 Å². The van der Waals surface area contributed by atoms with Crippen LogP contribution in [0.25, 0.3) is 110 Å². The van der Waals surface area contributed by atoms with Crippen molar-refractivity contribution in [3.63, 3.8) is 0 Å². The lowest BCUT2D eigenvalue weighted by Gasteiger charge is -2.31. The van der Waals surface area contributed by atoms with Crippen molar-refractivity contribution in [2.75, 3.05) is 0 Å². The Kier molecular flexibility index (Phi) is 7.24. The third kappa shape index (κ3) is 4.82. The zero-order chi connectivity index (χ0) is 45.0. The minimum Gasteiger partial charge on any atom is -0.317 e. The van der Waals surface area contributed by atoms with Gasteiger partial charge in [0.1, 0.15) is 0 Å². The molecule has 4 heterocycles. The first kappa shape index (κ1) is 37.0. The van der Waals surface area contributed by atoms with Gasteiger partial charge in [-0.25, -0.2) is 0 Å². The number of benzene rings is 10. The second kappa shape index (κ2) is 13.5. The molecule has 2 aliphatic rings. The van der Waals surface area contributed by atoms with Crippen LogP contribution in [-0.4, -0.2) is 18.3 Å². The van der Waals surface area contributed by atoms with Crippen molar-refractivity contribution in [2.24, 2.45) is 0 Å². The van der Waals surface area contributed by atoms with Crippen molar-refractivity contribution in [2.45, 2.75) is 5.41 Å². The summed E-state index contributed by atoms with van der Waals surface area (Å²) in [6.07, 6.45) is 4.40. The number of aromatic nitrogens is 4. The van der Waals surface area contributed by atoms with Crippen LogP contribution in [0.1, 0.15) is 22.3 Å². The summed E-state index contributed by atoms with van der Waals surface area (Å²) in [5.41, 5.74) is 21.7.